The van der Waals surface area contributed by atoms with Crippen LogP contribution in [-0.2, 0) is 0 Å². The SMILES string of the molecule is CCCC(C)Nc1nnc(C(C)N)o1. The van der Waals surface area contributed by atoms with Crippen LogP contribution in [0.1, 0.15) is 45.5 Å². The van der Waals surface area contributed by atoms with Gasteiger partial charge in [-0.2, -0.15) is 0 Å². The van der Waals surface area contributed by atoms with Crippen LogP contribution in [0.15, 0.2) is 4.42 Å². The van der Waals surface area contributed by atoms with E-state index >= 15 is 0 Å². The lowest BCUT2D eigenvalue weighted by Crippen LogP contribution is -2.14. The lowest BCUT2D eigenvalue weighted by molar-refractivity contribution is 0.467. The fourth-order valence-corrected chi connectivity index (χ4v) is 1.19. The fraction of sp³-hybridized carbons (Fsp3) is 0.778. The summed E-state index contributed by atoms with van der Waals surface area (Å²) in [5.74, 6) is 0.469. The molecule has 0 fully saturated rings. The first-order valence-electron chi connectivity index (χ1n) is 4.99. The highest BCUT2D eigenvalue weighted by Gasteiger charge is 2.10. The molecule has 2 atom stereocenters. The van der Waals surface area contributed by atoms with E-state index in [1.807, 2.05) is 6.92 Å². The Morgan fingerprint density at radius 3 is 2.64 bits per heavy atom. The second kappa shape index (κ2) is 4.95. The number of nitrogens with one attached hydrogen (secondary N) is 1. The molecule has 1 heterocycles. The number of rotatable bonds is 5. The molecule has 0 aliphatic heterocycles. The summed E-state index contributed by atoms with van der Waals surface area (Å²) in [4.78, 5) is 0. The third-order valence-electron chi connectivity index (χ3n) is 1.92. The summed E-state index contributed by atoms with van der Waals surface area (Å²) in [6.45, 7) is 6.03. The van der Waals surface area contributed by atoms with E-state index in [1.165, 1.54) is 0 Å². The van der Waals surface area contributed by atoms with Gasteiger partial charge in [-0.15, -0.1) is 5.10 Å². The molecule has 1 aromatic heterocycles. The Morgan fingerprint density at radius 2 is 2.14 bits per heavy atom. The summed E-state index contributed by atoms with van der Waals surface area (Å²) in [7, 11) is 0. The van der Waals surface area contributed by atoms with Crippen LogP contribution < -0.4 is 11.1 Å². The van der Waals surface area contributed by atoms with Gasteiger partial charge in [-0.05, 0) is 20.3 Å². The molecule has 0 bridgehead atoms. The number of aromatic nitrogens is 2. The van der Waals surface area contributed by atoms with Crippen LogP contribution in [0.4, 0.5) is 6.01 Å². The highest BCUT2D eigenvalue weighted by atomic mass is 16.4. The minimum Gasteiger partial charge on any atom is -0.406 e. The van der Waals surface area contributed by atoms with Crippen LogP contribution in [-0.4, -0.2) is 16.2 Å². The highest BCUT2D eigenvalue weighted by molar-refractivity contribution is 5.19. The molecule has 0 spiro atoms. The molecular formula is C9H18N4O. The Balaban J connectivity index is 2.51. The average Bonchev–Trinajstić information content (AvgIpc) is 2.53. The molecule has 0 saturated heterocycles. The molecule has 5 nitrogen and oxygen atoms in total. The van der Waals surface area contributed by atoms with E-state index in [1.54, 1.807) is 0 Å². The van der Waals surface area contributed by atoms with Crippen molar-refractivity contribution < 1.29 is 4.42 Å². The van der Waals surface area contributed by atoms with E-state index in [0.717, 1.165) is 12.8 Å². The van der Waals surface area contributed by atoms with Gasteiger partial charge in [0, 0.05) is 6.04 Å². The molecule has 2 unspecified atom stereocenters. The van der Waals surface area contributed by atoms with Crippen molar-refractivity contribution in [3.63, 3.8) is 0 Å². The molecule has 14 heavy (non-hydrogen) atoms. The molecule has 80 valence electrons. The molecular weight excluding hydrogens is 180 g/mol. The zero-order chi connectivity index (χ0) is 10.6. The normalized spacial score (nSPS) is 15.1. The zero-order valence-corrected chi connectivity index (χ0v) is 8.95. The fourth-order valence-electron chi connectivity index (χ4n) is 1.19. The van der Waals surface area contributed by atoms with Crippen molar-refractivity contribution in [2.75, 3.05) is 5.32 Å². The Kier molecular flexibility index (Phi) is 3.88. The van der Waals surface area contributed by atoms with Gasteiger partial charge in [-0.1, -0.05) is 18.4 Å². The first-order chi connectivity index (χ1) is 6.63. The first kappa shape index (κ1) is 11.0. The van der Waals surface area contributed by atoms with Crippen LogP contribution >= 0.6 is 0 Å². The van der Waals surface area contributed by atoms with Crippen molar-refractivity contribution in [3.05, 3.63) is 5.89 Å². The second-order valence-corrected chi connectivity index (χ2v) is 3.57. The third kappa shape index (κ3) is 2.99. The number of nitrogens with two attached hydrogens (primary N) is 1. The smallest absolute Gasteiger partial charge is 0.315 e. The van der Waals surface area contributed by atoms with E-state index in [-0.39, 0.29) is 6.04 Å². The van der Waals surface area contributed by atoms with Crippen LogP contribution in [0.25, 0.3) is 0 Å². The monoisotopic (exact) mass is 198 g/mol. The molecule has 0 amide bonds. The van der Waals surface area contributed by atoms with Crippen LogP contribution in [0.3, 0.4) is 0 Å². The van der Waals surface area contributed by atoms with Gasteiger partial charge in [0.2, 0.25) is 5.89 Å². The molecule has 1 rings (SSSR count). The van der Waals surface area contributed by atoms with Crippen molar-refractivity contribution in [1.82, 2.24) is 10.2 Å². The van der Waals surface area contributed by atoms with Crippen LogP contribution in [0.5, 0.6) is 0 Å². The number of nitrogens with zero attached hydrogens (tertiary/aromatic N) is 2. The van der Waals surface area contributed by atoms with E-state index in [9.17, 15) is 0 Å². The first-order valence-corrected chi connectivity index (χ1v) is 4.99. The van der Waals surface area contributed by atoms with E-state index in [0.29, 0.717) is 17.9 Å². The van der Waals surface area contributed by atoms with Crippen molar-refractivity contribution in [2.24, 2.45) is 5.73 Å². The maximum Gasteiger partial charge on any atom is 0.315 e. The summed E-state index contributed by atoms with van der Waals surface area (Å²) in [5, 5.41) is 10.8. The largest absolute Gasteiger partial charge is 0.406 e. The number of anilines is 1. The average molecular weight is 198 g/mol. The van der Waals surface area contributed by atoms with Gasteiger partial charge < -0.3 is 15.5 Å². The Bertz CT molecular complexity index is 272. The number of hydrogen-bond acceptors (Lipinski definition) is 5. The zero-order valence-electron chi connectivity index (χ0n) is 8.95. The van der Waals surface area contributed by atoms with Gasteiger partial charge in [0.25, 0.3) is 0 Å². The molecule has 5 heteroatoms. The minimum atomic E-state index is -0.209. The lowest BCUT2D eigenvalue weighted by Gasteiger charge is -2.09. The van der Waals surface area contributed by atoms with Gasteiger partial charge in [-0.3, -0.25) is 0 Å². The van der Waals surface area contributed by atoms with Gasteiger partial charge in [-0.25, -0.2) is 0 Å². The van der Waals surface area contributed by atoms with Crippen molar-refractivity contribution in [2.45, 2.75) is 45.7 Å². The summed E-state index contributed by atoms with van der Waals surface area (Å²) >= 11 is 0. The minimum absolute atomic E-state index is 0.209. The molecule has 0 saturated carbocycles. The predicted molar refractivity (Wildman–Crippen MR) is 54.9 cm³/mol. The van der Waals surface area contributed by atoms with Crippen LogP contribution in [0.2, 0.25) is 0 Å². The van der Waals surface area contributed by atoms with E-state index in [4.69, 9.17) is 10.2 Å². The summed E-state index contributed by atoms with van der Waals surface area (Å²) in [6, 6.07) is 0.596. The van der Waals surface area contributed by atoms with Gasteiger partial charge in [0.15, 0.2) is 0 Å². The Labute approximate surface area is 84.1 Å². The number of hydrogen-bond donors (Lipinski definition) is 2. The standard InChI is InChI=1S/C9H18N4O/c1-4-5-6(2)11-9-13-12-8(14-9)7(3)10/h6-7H,4-5,10H2,1-3H3,(H,11,13). The quantitative estimate of drug-likeness (QED) is 0.752. The van der Waals surface area contributed by atoms with Crippen molar-refractivity contribution >= 4 is 6.01 Å². The maximum absolute atomic E-state index is 5.59. The van der Waals surface area contributed by atoms with Crippen LogP contribution in [0, 0.1) is 0 Å². The molecule has 0 aromatic carbocycles. The second-order valence-electron chi connectivity index (χ2n) is 3.57. The topological polar surface area (TPSA) is 77.0 Å². The summed E-state index contributed by atoms with van der Waals surface area (Å²) in [6.07, 6.45) is 2.21. The third-order valence-corrected chi connectivity index (χ3v) is 1.92. The molecule has 1 aromatic rings. The van der Waals surface area contributed by atoms with Gasteiger partial charge >= 0.3 is 6.01 Å². The molecule has 0 aliphatic rings. The molecule has 0 radical (unpaired) electrons. The summed E-state index contributed by atoms with van der Waals surface area (Å²) in [5.41, 5.74) is 5.59. The summed E-state index contributed by atoms with van der Waals surface area (Å²) < 4.78 is 5.30. The van der Waals surface area contributed by atoms with E-state index in [2.05, 4.69) is 29.4 Å². The Hall–Kier alpha value is -1.10. The lowest BCUT2D eigenvalue weighted by atomic mass is 10.2. The van der Waals surface area contributed by atoms with Crippen molar-refractivity contribution in [1.29, 1.82) is 0 Å². The highest BCUT2D eigenvalue weighted by Crippen LogP contribution is 2.12. The van der Waals surface area contributed by atoms with E-state index < -0.39 is 0 Å². The molecule has 3 N–H and O–H groups in total. The van der Waals surface area contributed by atoms with Crippen molar-refractivity contribution in [3.8, 4) is 0 Å². The predicted octanol–water partition coefficient (Wildman–Crippen LogP) is 1.69. The Morgan fingerprint density at radius 1 is 1.43 bits per heavy atom. The van der Waals surface area contributed by atoms with Gasteiger partial charge in [0.05, 0.1) is 6.04 Å². The molecule has 0 aliphatic carbocycles. The maximum atomic E-state index is 5.59. The van der Waals surface area contributed by atoms with Gasteiger partial charge in [0.1, 0.15) is 0 Å².